The van der Waals surface area contributed by atoms with Gasteiger partial charge < -0.3 is 5.32 Å². The van der Waals surface area contributed by atoms with Crippen LogP contribution in [0.4, 0.5) is 8.78 Å². The van der Waals surface area contributed by atoms with Crippen LogP contribution in [0.1, 0.15) is 12.5 Å². The smallest absolute Gasteiger partial charge is 0.249 e. The number of hydrogen-bond donors (Lipinski definition) is 1. The van der Waals surface area contributed by atoms with Crippen LogP contribution < -0.4 is 15.1 Å². The number of halogens is 2. The fourth-order valence-corrected chi connectivity index (χ4v) is 3.89. The van der Waals surface area contributed by atoms with Crippen molar-refractivity contribution < 1.29 is 13.6 Å². The third kappa shape index (κ3) is 2.00. The van der Waals surface area contributed by atoms with Crippen LogP contribution in [0.25, 0.3) is 11.1 Å². The molecule has 0 saturated carbocycles. The minimum Gasteiger partial charge on any atom is -0.355 e. The lowest BCUT2D eigenvalue weighted by atomic mass is 9.90. The van der Waals surface area contributed by atoms with E-state index in [1.807, 2.05) is 11.4 Å². The lowest BCUT2D eigenvalue weighted by Gasteiger charge is -2.15. The van der Waals surface area contributed by atoms with Crippen molar-refractivity contribution in [3.8, 4) is 0 Å². The Morgan fingerprint density at radius 2 is 1.90 bits per heavy atom. The normalized spacial score (nSPS) is 17.0. The zero-order valence-electron chi connectivity index (χ0n) is 11.5. The summed E-state index contributed by atoms with van der Waals surface area (Å²) in [5.74, 6) is -1.77. The van der Waals surface area contributed by atoms with E-state index in [1.165, 1.54) is 29.5 Å². The average Bonchev–Trinajstić information content (AvgIpc) is 3.00. The number of carbonyl (C=O) groups excluding carboxylic acids is 1. The molecule has 1 aliphatic carbocycles. The Hall–Kier alpha value is -2.01. The molecule has 1 aromatic heterocycles. The third-order valence-corrected chi connectivity index (χ3v) is 4.72. The fourth-order valence-electron chi connectivity index (χ4n) is 2.84. The van der Waals surface area contributed by atoms with Gasteiger partial charge in [0, 0.05) is 23.1 Å². The zero-order chi connectivity index (χ0) is 15.1. The van der Waals surface area contributed by atoms with Crippen LogP contribution in [0.3, 0.4) is 0 Å². The molecule has 5 heteroatoms. The van der Waals surface area contributed by atoms with Gasteiger partial charge in [-0.05, 0) is 34.4 Å². The van der Waals surface area contributed by atoms with Gasteiger partial charge in [0.2, 0.25) is 5.91 Å². The van der Waals surface area contributed by atoms with Gasteiger partial charge in [-0.15, -0.1) is 11.3 Å². The third-order valence-electron chi connectivity index (χ3n) is 3.77. The van der Waals surface area contributed by atoms with E-state index in [4.69, 9.17) is 0 Å². The first-order valence-corrected chi connectivity index (χ1v) is 7.42. The Bertz CT molecular complexity index is 833. The Morgan fingerprint density at radius 3 is 2.52 bits per heavy atom. The van der Waals surface area contributed by atoms with E-state index in [9.17, 15) is 13.6 Å². The number of thiophene rings is 1. The highest BCUT2D eigenvalue weighted by molar-refractivity contribution is 7.08. The monoisotopic (exact) mass is 305 g/mol. The van der Waals surface area contributed by atoms with E-state index < -0.39 is 11.6 Å². The van der Waals surface area contributed by atoms with Gasteiger partial charge in [-0.25, -0.2) is 8.78 Å². The molecule has 0 radical (unpaired) electrons. The quantitative estimate of drug-likeness (QED) is 0.900. The minimum absolute atomic E-state index is 0.0384. The molecule has 1 N–H and O–H groups in total. The summed E-state index contributed by atoms with van der Waals surface area (Å²) < 4.78 is 29.0. The van der Waals surface area contributed by atoms with Gasteiger partial charge in [0.1, 0.15) is 11.6 Å². The molecule has 0 bridgehead atoms. The number of carbonyl (C=O) groups is 1. The van der Waals surface area contributed by atoms with Gasteiger partial charge in [0.15, 0.2) is 0 Å². The number of rotatable bonds is 2. The molecule has 1 heterocycles. The molecule has 1 unspecified atom stereocenters. The molecule has 1 amide bonds. The molecule has 2 aromatic rings. The summed E-state index contributed by atoms with van der Waals surface area (Å²) in [6, 6.07) is 5.63. The summed E-state index contributed by atoms with van der Waals surface area (Å²) >= 11 is 1.41. The molecular formula is C16H13F2NOS. The van der Waals surface area contributed by atoms with Crippen molar-refractivity contribution in [3.05, 3.63) is 56.6 Å². The van der Waals surface area contributed by atoms with Crippen LogP contribution in [0.5, 0.6) is 0 Å². The largest absolute Gasteiger partial charge is 0.355 e. The molecule has 2 nitrogen and oxygen atoms in total. The number of fused-ring (bicyclic) bond motifs is 1. The Balaban J connectivity index is 2.37. The van der Waals surface area contributed by atoms with Gasteiger partial charge in [-0.3, -0.25) is 4.79 Å². The van der Waals surface area contributed by atoms with E-state index in [1.54, 1.807) is 14.0 Å². The maximum atomic E-state index is 14.1. The van der Waals surface area contributed by atoms with Crippen molar-refractivity contribution in [2.75, 3.05) is 7.05 Å². The van der Waals surface area contributed by atoms with Crippen molar-refractivity contribution in [2.45, 2.75) is 6.92 Å². The second-order valence-electron chi connectivity index (χ2n) is 4.89. The SMILES string of the molecule is CNC(=O)C1=c2sccc2=C(c2c(F)cccc2F)C1C. The fraction of sp³-hybridized carbons (Fsp3) is 0.188. The summed E-state index contributed by atoms with van der Waals surface area (Å²) in [6.45, 7) is 1.80. The first-order chi connectivity index (χ1) is 10.1. The van der Waals surface area contributed by atoms with Crippen molar-refractivity contribution in [1.82, 2.24) is 5.32 Å². The van der Waals surface area contributed by atoms with Crippen molar-refractivity contribution >= 4 is 28.4 Å². The van der Waals surface area contributed by atoms with E-state index in [0.717, 1.165) is 9.75 Å². The predicted octanol–water partition coefficient (Wildman–Crippen LogP) is 1.77. The molecule has 3 rings (SSSR count). The van der Waals surface area contributed by atoms with E-state index in [-0.39, 0.29) is 17.4 Å². The number of nitrogens with one attached hydrogen (secondary N) is 1. The average molecular weight is 305 g/mol. The van der Waals surface area contributed by atoms with Gasteiger partial charge in [0.25, 0.3) is 0 Å². The summed E-state index contributed by atoms with van der Waals surface area (Å²) in [7, 11) is 1.55. The summed E-state index contributed by atoms with van der Waals surface area (Å²) in [4.78, 5) is 12.1. The zero-order valence-corrected chi connectivity index (χ0v) is 12.4. The molecule has 1 atom stereocenters. The van der Waals surface area contributed by atoms with Gasteiger partial charge in [-0.2, -0.15) is 0 Å². The summed E-state index contributed by atoms with van der Waals surface area (Å²) in [5.41, 5.74) is 1.07. The first kappa shape index (κ1) is 13.9. The van der Waals surface area contributed by atoms with Crippen molar-refractivity contribution in [3.63, 3.8) is 0 Å². The van der Waals surface area contributed by atoms with Crippen LogP contribution in [0, 0.1) is 17.6 Å². The van der Waals surface area contributed by atoms with Crippen LogP contribution in [0.15, 0.2) is 29.6 Å². The molecule has 0 saturated heterocycles. The molecule has 1 aromatic carbocycles. The maximum Gasteiger partial charge on any atom is 0.249 e. The molecule has 0 fully saturated rings. The second-order valence-corrected chi connectivity index (χ2v) is 5.80. The Kier molecular flexibility index (Phi) is 3.37. The molecule has 1 aliphatic rings. The van der Waals surface area contributed by atoms with Crippen LogP contribution in [-0.2, 0) is 4.79 Å². The van der Waals surface area contributed by atoms with Crippen molar-refractivity contribution in [1.29, 1.82) is 0 Å². The molecule has 108 valence electrons. The highest BCUT2D eigenvalue weighted by atomic mass is 32.1. The predicted molar refractivity (Wildman–Crippen MR) is 79.1 cm³/mol. The van der Waals surface area contributed by atoms with Crippen LogP contribution >= 0.6 is 11.3 Å². The maximum absolute atomic E-state index is 14.1. The van der Waals surface area contributed by atoms with E-state index in [0.29, 0.717) is 11.1 Å². The van der Waals surface area contributed by atoms with Gasteiger partial charge >= 0.3 is 0 Å². The van der Waals surface area contributed by atoms with E-state index >= 15 is 0 Å². The highest BCUT2D eigenvalue weighted by Gasteiger charge is 2.31. The molecule has 0 aliphatic heterocycles. The van der Waals surface area contributed by atoms with Gasteiger partial charge in [-0.1, -0.05) is 13.0 Å². The second kappa shape index (κ2) is 5.07. The topological polar surface area (TPSA) is 29.1 Å². The van der Waals surface area contributed by atoms with E-state index in [2.05, 4.69) is 5.32 Å². The standard InChI is InChI=1S/C16H13F2NOS/c1-8-12(14-10(17)4-3-5-11(14)18)9-6-7-21-15(9)13(8)16(20)19-2/h3-8H,1-2H3,(H,19,20). The number of benzene rings is 1. The van der Waals surface area contributed by atoms with Crippen molar-refractivity contribution in [2.24, 2.45) is 5.92 Å². The first-order valence-electron chi connectivity index (χ1n) is 6.54. The molecule has 0 spiro atoms. The number of hydrogen-bond acceptors (Lipinski definition) is 2. The summed E-state index contributed by atoms with van der Waals surface area (Å²) in [5, 5.41) is 5.18. The minimum atomic E-state index is -0.604. The van der Waals surface area contributed by atoms with Crippen LogP contribution in [0.2, 0.25) is 0 Å². The lowest BCUT2D eigenvalue weighted by molar-refractivity contribution is -0.115. The molecule has 21 heavy (non-hydrogen) atoms. The summed E-state index contributed by atoms with van der Waals surface area (Å²) in [6.07, 6.45) is 0. The van der Waals surface area contributed by atoms with Gasteiger partial charge in [0.05, 0.1) is 5.56 Å². The Morgan fingerprint density at radius 1 is 1.24 bits per heavy atom. The molecular weight excluding hydrogens is 292 g/mol. The number of amides is 1. The highest BCUT2D eigenvalue weighted by Crippen LogP contribution is 2.32. The van der Waals surface area contributed by atoms with Crippen LogP contribution in [-0.4, -0.2) is 13.0 Å². The lowest BCUT2D eigenvalue weighted by Crippen LogP contribution is -2.27. The Labute approximate surface area is 124 Å².